The number of rotatable bonds is 5. The maximum Gasteiger partial charge on any atom is 0.328 e. The summed E-state index contributed by atoms with van der Waals surface area (Å²) in [7, 11) is 0. The summed E-state index contributed by atoms with van der Waals surface area (Å²) < 4.78 is 5.54. The molecule has 0 saturated heterocycles. The van der Waals surface area contributed by atoms with E-state index in [1.807, 2.05) is 6.92 Å². The van der Waals surface area contributed by atoms with Gasteiger partial charge in [-0.3, -0.25) is 10.1 Å². The van der Waals surface area contributed by atoms with Gasteiger partial charge in [0.1, 0.15) is 11.5 Å². The molecule has 0 radical (unpaired) electrons. The van der Waals surface area contributed by atoms with E-state index in [0.29, 0.717) is 17.9 Å². The smallest absolute Gasteiger partial charge is 0.328 e. The Bertz CT molecular complexity index is 715. The third-order valence-corrected chi connectivity index (χ3v) is 2.96. The Morgan fingerprint density at radius 3 is 2.76 bits per heavy atom. The van der Waals surface area contributed by atoms with Crippen LogP contribution in [0.1, 0.15) is 18.2 Å². The standard InChI is InChI=1S/C15H13NO5/c1-2-10-9-11(16(19)20)3-6-13(10)14-7-4-12(21-14)5-8-15(17)18/h3-9H,2H2,1H3,(H,17,18)/b8-5+. The fourth-order valence-electron chi connectivity index (χ4n) is 1.97. The van der Waals surface area contributed by atoms with E-state index in [1.54, 1.807) is 18.2 Å². The van der Waals surface area contributed by atoms with E-state index in [-0.39, 0.29) is 5.69 Å². The Kier molecular flexibility index (Phi) is 4.18. The number of benzene rings is 1. The second-order valence-electron chi connectivity index (χ2n) is 4.33. The van der Waals surface area contributed by atoms with Crippen molar-refractivity contribution in [1.82, 2.24) is 0 Å². The molecule has 2 aromatic rings. The van der Waals surface area contributed by atoms with Crippen molar-refractivity contribution < 1.29 is 19.2 Å². The first-order valence-electron chi connectivity index (χ1n) is 6.29. The van der Waals surface area contributed by atoms with Crippen LogP contribution in [0, 0.1) is 10.1 Å². The number of hydrogen-bond donors (Lipinski definition) is 1. The summed E-state index contributed by atoms with van der Waals surface area (Å²) in [4.78, 5) is 20.8. The van der Waals surface area contributed by atoms with E-state index < -0.39 is 10.9 Å². The first kappa shape index (κ1) is 14.5. The highest BCUT2D eigenvalue weighted by Crippen LogP contribution is 2.29. The lowest BCUT2D eigenvalue weighted by molar-refractivity contribution is -0.384. The summed E-state index contributed by atoms with van der Waals surface area (Å²) >= 11 is 0. The molecule has 1 aromatic heterocycles. The summed E-state index contributed by atoms with van der Waals surface area (Å²) in [6.45, 7) is 1.90. The summed E-state index contributed by atoms with van der Waals surface area (Å²) in [6, 6.07) is 7.94. The molecule has 0 spiro atoms. The maximum atomic E-state index is 10.8. The largest absolute Gasteiger partial charge is 0.478 e. The van der Waals surface area contributed by atoms with Crippen molar-refractivity contribution in [1.29, 1.82) is 0 Å². The van der Waals surface area contributed by atoms with Gasteiger partial charge in [0, 0.05) is 23.8 Å². The Balaban J connectivity index is 2.38. The van der Waals surface area contributed by atoms with Crippen molar-refractivity contribution in [2.45, 2.75) is 13.3 Å². The molecule has 0 saturated carbocycles. The normalized spacial score (nSPS) is 10.9. The van der Waals surface area contributed by atoms with Crippen LogP contribution in [0.25, 0.3) is 17.4 Å². The van der Waals surface area contributed by atoms with Crippen LogP contribution >= 0.6 is 0 Å². The van der Waals surface area contributed by atoms with E-state index in [9.17, 15) is 14.9 Å². The van der Waals surface area contributed by atoms with Crippen molar-refractivity contribution in [3.05, 3.63) is 57.8 Å². The number of carboxylic acids is 1. The predicted molar refractivity (Wildman–Crippen MR) is 76.8 cm³/mol. The molecule has 1 N–H and O–H groups in total. The van der Waals surface area contributed by atoms with E-state index in [1.165, 1.54) is 18.2 Å². The van der Waals surface area contributed by atoms with E-state index in [4.69, 9.17) is 9.52 Å². The van der Waals surface area contributed by atoms with Crippen molar-refractivity contribution >= 4 is 17.7 Å². The molecule has 21 heavy (non-hydrogen) atoms. The van der Waals surface area contributed by atoms with Crippen LogP contribution in [0.4, 0.5) is 5.69 Å². The second kappa shape index (κ2) is 6.04. The average Bonchev–Trinajstić information content (AvgIpc) is 2.93. The van der Waals surface area contributed by atoms with Gasteiger partial charge in [0.15, 0.2) is 0 Å². The molecule has 0 atom stereocenters. The number of nitro groups is 1. The Labute approximate surface area is 120 Å². The first-order chi connectivity index (χ1) is 10.0. The van der Waals surface area contributed by atoms with Gasteiger partial charge < -0.3 is 9.52 Å². The molecule has 2 rings (SSSR count). The molecule has 0 bridgehead atoms. The minimum Gasteiger partial charge on any atom is -0.478 e. The molecule has 0 amide bonds. The van der Waals surface area contributed by atoms with Crippen LogP contribution in [-0.4, -0.2) is 16.0 Å². The highest BCUT2D eigenvalue weighted by molar-refractivity contribution is 5.84. The number of nitro benzene ring substituents is 1. The van der Waals surface area contributed by atoms with E-state index in [2.05, 4.69) is 0 Å². The zero-order valence-electron chi connectivity index (χ0n) is 11.3. The number of carbonyl (C=O) groups is 1. The molecule has 0 aliphatic carbocycles. The molecular weight excluding hydrogens is 274 g/mol. The van der Waals surface area contributed by atoms with Crippen molar-refractivity contribution in [3.8, 4) is 11.3 Å². The Morgan fingerprint density at radius 1 is 1.38 bits per heavy atom. The van der Waals surface area contributed by atoms with E-state index >= 15 is 0 Å². The average molecular weight is 287 g/mol. The van der Waals surface area contributed by atoms with Gasteiger partial charge in [-0.2, -0.15) is 0 Å². The monoisotopic (exact) mass is 287 g/mol. The third-order valence-electron chi connectivity index (χ3n) is 2.96. The van der Waals surface area contributed by atoms with Crippen LogP contribution in [0.3, 0.4) is 0 Å². The molecule has 6 heteroatoms. The van der Waals surface area contributed by atoms with Crippen molar-refractivity contribution in [3.63, 3.8) is 0 Å². The number of aryl methyl sites for hydroxylation is 1. The number of hydrogen-bond acceptors (Lipinski definition) is 4. The van der Waals surface area contributed by atoms with Crippen molar-refractivity contribution in [2.75, 3.05) is 0 Å². The maximum absolute atomic E-state index is 10.8. The fourth-order valence-corrected chi connectivity index (χ4v) is 1.97. The molecule has 6 nitrogen and oxygen atoms in total. The molecule has 0 unspecified atom stereocenters. The minimum absolute atomic E-state index is 0.0353. The van der Waals surface area contributed by atoms with Crippen LogP contribution in [0.15, 0.2) is 40.8 Å². The number of non-ortho nitro benzene ring substituents is 1. The number of carboxylic acid groups (broad SMARTS) is 1. The van der Waals surface area contributed by atoms with Gasteiger partial charge in [-0.25, -0.2) is 4.79 Å². The van der Waals surface area contributed by atoms with Gasteiger partial charge in [-0.15, -0.1) is 0 Å². The highest BCUT2D eigenvalue weighted by Gasteiger charge is 2.13. The third kappa shape index (κ3) is 3.36. The molecular formula is C15H13NO5. The zero-order valence-corrected chi connectivity index (χ0v) is 11.3. The number of furan rings is 1. The lowest BCUT2D eigenvalue weighted by Gasteiger charge is -2.04. The molecule has 108 valence electrons. The molecule has 0 aliphatic heterocycles. The van der Waals surface area contributed by atoms with Gasteiger partial charge in [0.25, 0.3) is 5.69 Å². The van der Waals surface area contributed by atoms with E-state index in [0.717, 1.165) is 17.2 Å². The quantitative estimate of drug-likeness (QED) is 0.516. The van der Waals surface area contributed by atoms with Crippen molar-refractivity contribution in [2.24, 2.45) is 0 Å². The molecule has 1 heterocycles. The zero-order chi connectivity index (χ0) is 15.4. The van der Waals surface area contributed by atoms with Crippen LogP contribution < -0.4 is 0 Å². The molecule has 0 aliphatic rings. The number of nitrogens with zero attached hydrogens (tertiary/aromatic N) is 1. The second-order valence-corrected chi connectivity index (χ2v) is 4.33. The molecule has 1 aromatic carbocycles. The lowest BCUT2D eigenvalue weighted by Crippen LogP contribution is -1.92. The number of aliphatic carboxylic acids is 1. The minimum atomic E-state index is -1.06. The summed E-state index contributed by atoms with van der Waals surface area (Å²) in [5.74, 6) is -0.0999. The summed E-state index contributed by atoms with van der Waals surface area (Å²) in [5.41, 5.74) is 1.60. The van der Waals surface area contributed by atoms with Gasteiger partial charge in [-0.1, -0.05) is 6.92 Å². The summed E-state index contributed by atoms with van der Waals surface area (Å²) in [5, 5.41) is 19.4. The first-order valence-corrected chi connectivity index (χ1v) is 6.29. The Morgan fingerprint density at radius 2 is 2.14 bits per heavy atom. The predicted octanol–water partition coefficient (Wildman–Crippen LogP) is 3.52. The van der Waals surface area contributed by atoms with Gasteiger partial charge in [-0.05, 0) is 36.3 Å². The van der Waals surface area contributed by atoms with Crippen LogP contribution in [0.5, 0.6) is 0 Å². The van der Waals surface area contributed by atoms with Crippen LogP contribution in [-0.2, 0) is 11.2 Å². The van der Waals surface area contributed by atoms with Gasteiger partial charge in [0.2, 0.25) is 0 Å². The fraction of sp³-hybridized carbons (Fsp3) is 0.133. The van der Waals surface area contributed by atoms with Gasteiger partial charge >= 0.3 is 5.97 Å². The Hall–Kier alpha value is -2.89. The molecule has 0 fully saturated rings. The van der Waals surface area contributed by atoms with Crippen LogP contribution in [0.2, 0.25) is 0 Å². The van der Waals surface area contributed by atoms with Gasteiger partial charge in [0.05, 0.1) is 4.92 Å². The lowest BCUT2D eigenvalue weighted by atomic mass is 10.0. The highest BCUT2D eigenvalue weighted by atomic mass is 16.6. The summed E-state index contributed by atoms with van der Waals surface area (Å²) in [6.07, 6.45) is 2.96. The SMILES string of the molecule is CCc1cc([N+](=O)[O-])ccc1-c1ccc(/C=C/C(=O)O)o1. The topological polar surface area (TPSA) is 93.6 Å².